The minimum Gasteiger partial charge on any atom is -0.365 e. The molecule has 0 aliphatic heterocycles. The van der Waals surface area contributed by atoms with Crippen molar-refractivity contribution in [3.05, 3.63) is 52.4 Å². The lowest BCUT2D eigenvalue weighted by molar-refractivity contribution is -0.113. The largest absolute Gasteiger partial charge is 0.365 e. The number of hydrogen-bond acceptors (Lipinski definition) is 2. The van der Waals surface area contributed by atoms with Gasteiger partial charge in [-0.2, -0.15) is 0 Å². The zero-order chi connectivity index (χ0) is 16.0. The van der Waals surface area contributed by atoms with Crippen LogP contribution in [0.4, 0.5) is 0 Å². The molecule has 0 saturated carbocycles. The summed E-state index contributed by atoms with van der Waals surface area (Å²) in [4.78, 5) is 12.8. The first kappa shape index (κ1) is 17.6. The fourth-order valence-electron chi connectivity index (χ4n) is 1.89. The highest BCUT2D eigenvalue weighted by molar-refractivity contribution is 8.12. The molecule has 1 aromatic rings. The lowest BCUT2D eigenvalue weighted by atomic mass is 10.0. The van der Waals surface area contributed by atoms with Crippen LogP contribution in [0.5, 0.6) is 0 Å². The van der Waals surface area contributed by atoms with Crippen molar-refractivity contribution in [2.75, 3.05) is 0 Å². The van der Waals surface area contributed by atoms with Crippen LogP contribution in [-0.2, 0) is 11.2 Å². The molecule has 0 fully saturated rings. The van der Waals surface area contributed by atoms with E-state index in [1.54, 1.807) is 0 Å². The minimum absolute atomic E-state index is 0.394. The Hall–Kier alpha value is -1.48. The Morgan fingerprint density at radius 2 is 1.81 bits per heavy atom. The number of rotatable bonds is 7. The molecule has 0 spiro atoms. The van der Waals surface area contributed by atoms with Crippen LogP contribution in [0.1, 0.15) is 45.2 Å². The molecule has 1 rings (SSSR count). The molecule has 0 bridgehead atoms. The molecule has 0 saturated heterocycles. The van der Waals surface area contributed by atoms with E-state index in [4.69, 9.17) is 5.73 Å². The van der Waals surface area contributed by atoms with Crippen LogP contribution in [-0.4, -0.2) is 5.91 Å². The van der Waals surface area contributed by atoms with Gasteiger partial charge < -0.3 is 5.73 Å². The zero-order valence-electron chi connectivity index (χ0n) is 13.4. The molecule has 2 nitrogen and oxygen atoms in total. The third-order valence-corrected chi connectivity index (χ3v) is 4.49. The van der Waals surface area contributed by atoms with E-state index in [0.717, 1.165) is 22.5 Å². The van der Waals surface area contributed by atoms with Crippen molar-refractivity contribution < 1.29 is 4.79 Å². The van der Waals surface area contributed by atoms with Crippen LogP contribution >= 0.6 is 11.8 Å². The summed E-state index contributed by atoms with van der Waals surface area (Å²) >= 11 is 1.35. The smallest absolute Gasteiger partial charge is 0.255 e. The van der Waals surface area contributed by atoms with E-state index in [9.17, 15) is 4.79 Å². The molecule has 114 valence electrons. The number of nitrogens with two attached hydrogens (primary N) is 1. The number of carbonyl (C=O) groups is 1. The van der Waals surface area contributed by atoms with Crippen LogP contribution in [0.25, 0.3) is 4.91 Å². The number of aryl methyl sites for hydroxylation is 1. The first-order valence-corrected chi connectivity index (χ1v) is 8.06. The second-order valence-electron chi connectivity index (χ2n) is 5.85. The minimum atomic E-state index is -0.394. The third kappa shape index (κ3) is 5.80. The van der Waals surface area contributed by atoms with Gasteiger partial charge in [-0.1, -0.05) is 62.0 Å². The Kier molecular flexibility index (Phi) is 6.76. The Labute approximate surface area is 132 Å². The van der Waals surface area contributed by atoms with Crippen molar-refractivity contribution in [1.82, 2.24) is 0 Å². The molecule has 2 N–H and O–H groups in total. The van der Waals surface area contributed by atoms with Crippen LogP contribution in [0.3, 0.4) is 0 Å². The number of primary amides is 1. The molecule has 3 heteroatoms. The standard InChI is InChI=1S/C18H25NOS/c1-12(2)6-7-15-8-10-16(11-9-15)14(5)21-17(13(3)4)18(19)20/h8-12H,5-7H2,1-4H3,(H2,19,20). The van der Waals surface area contributed by atoms with E-state index < -0.39 is 5.91 Å². The maximum atomic E-state index is 11.4. The maximum absolute atomic E-state index is 11.4. The fourth-order valence-corrected chi connectivity index (χ4v) is 2.70. The van der Waals surface area contributed by atoms with Gasteiger partial charge in [0.05, 0.1) is 4.91 Å². The lowest BCUT2D eigenvalue weighted by Gasteiger charge is -2.10. The van der Waals surface area contributed by atoms with Crippen LogP contribution in [0.2, 0.25) is 0 Å². The second-order valence-corrected chi connectivity index (χ2v) is 6.95. The summed E-state index contributed by atoms with van der Waals surface area (Å²) in [6.45, 7) is 12.3. The maximum Gasteiger partial charge on any atom is 0.255 e. The van der Waals surface area contributed by atoms with Crippen molar-refractivity contribution in [3.63, 3.8) is 0 Å². The summed E-state index contributed by atoms with van der Waals surface area (Å²) in [7, 11) is 0. The molecule has 0 aliphatic carbocycles. The third-order valence-electron chi connectivity index (χ3n) is 3.19. The topological polar surface area (TPSA) is 43.1 Å². The van der Waals surface area contributed by atoms with E-state index >= 15 is 0 Å². The van der Waals surface area contributed by atoms with Crippen molar-refractivity contribution in [2.45, 2.75) is 40.5 Å². The quantitative estimate of drug-likeness (QED) is 0.738. The molecule has 0 unspecified atom stereocenters. The second kappa shape index (κ2) is 8.08. The van der Waals surface area contributed by atoms with Crippen LogP contribution in [0, 0.1) is 5.92 Å². The normalized spacial score (nSPS) is 10.5. The number of benzene rings is 1. The SMILES string of the molecule is C=C(SC(C(N)=O)=C(C)C)c1ccc(CCC(C)C)cc1. The van der Waals surface area contributed by atoms with Crippen molar-refractivity contribution in [2.24, 2.45) is 11.7 Å². The Balaban J connectivity index is 2.76. The van der Waals surface area contributed by atoms with E-state index in [-0.39, 0.29) is 0 Å². The summed E-state index contributed by atoms with van der Waals surface area (Å²) in [5.41, 5.74) is 8.69. The highest BCUT2D eigenvalue weighted by Gasteiger charge is 2.11. The van der Waals surface area contributed by atoms with Crippen molar-refractivity contribution >= 4 is 22.6 Å². The van der Waals surface area contributed by atoms with Gasteiger partial charge in [-0.3, -0.25) is 4.79 Å². The molecular weight excluding hydrogens is 278 g/mol. The van der Waals surface area contributed by atoms with Crippen molar-refractivity contribution in [3.8, 4) is 0 Å². The van der Waals surface area contributed by atoms with Gasteiger partial charge in [-0.25, -0.2) is 0 Å². The van der Waals surface area contributed by atoms with Gasteiger partial charge in [-0.05, 0) is 43.7 Å². The number of amides is 1. The van der Waals surface area contributed by atoms with E-state index in [2.05, 4.69) is 44.7 Å². The number of thioether (sulfide) groups is 1. The summed E-state index contributed by atoms with van der Waals surface area (Å²) in [6, 6.07) is 8.40. The first-order chi connectivity index (χ1) is 9.81. The van der Waals surface area contributed by atoms with Gasteiger partial charge in [0.15, 0.2) is 0 Å². The van der Waals surface area contributed by atoms with Crippen LogP contribution in [0.15, 0.2) is 41.3 Å². The molecule has 0 aromatic heterocycles. The molecule has 21 heavy (non-hydrogen) atoms. The summed E-state index contributed by atoms with van der Waals surface area (Å²) < 4.78 is 0. The zero-order valence-corrected chi connectivity index (χ0v) is 14.2. The van der Waals surface area contributed by atoms with E-state index in [0.29, 0.717) is 10.8 Å². The molecule has 0 radical (unpaired) electrons. The highest BCUT2D eigenvalue weighted by Crippen LogP contribution is 2.33. The van der Waals surface area contributed by atoms with E-state index in [1.165, 1.54) is 23.7 Å². The van der Waals surface area contributed by atoms with Crippen LogP contribution < -0.4 is 5.73 Å². The Bertz CT molecular complexity index is 537. The molecule has 1 amide bonds. The predicted octanol–water partition coefficient (Wildman–Crippen LogP) is 4.76. The molecule has 0 atom stereocenters. The average molecular weight is 303 g/mol. The molecule has 1 aromatic carbocycles. The Morgan fingerprint density at radius 3 is 2.24 bits per heavy atom. The average Bonchev–Trinajstić information content (AvgIpc) is 2.42. The molecule has 0 heterocycles. The van der Waals surface area contributed by atoms with Gasteiger partial charge in [0, 0.05) is 4.91 Å². The number of allylic oxidation sites excluding steroid dienone is 1. The predicted molar refractivity (Wildman–Crippen MR) is 93.8 cm³/mol. The molecule has 0 aliphatic rings. The van der Waals surface area contributed by atoms with Crippen molar-refractivity contribution in [1.29, 1.82) is 0 Å². The monoisotopic (exact) mass is 303 g/mol. The van der Waals surface area contributed by atoms with Gasteiger partial charge in [0.2, 0.25) is 0 Å². The van der Waals surface area contributed by atoms with Gasteiger partial charge >= 0.3 is 0 Å². The number of hydrogen-bond donors (Lipinski definition) is 1. The van der Waals surface area contributed by atoms with Gasteiger partial charge in [-0.15, -0.1) is 0 Å². The fraction of sp³-hybridized carbons (Fsp3) is 0.389. The number of carbonyl (C=O) groups excluding carboxylic acids is 1. The molecular formula is C18H25NOS. The first-order valence-electron chi connectivity index (χ1n) is 7.24. The Morgan fingerprint density at radius 1 is 1.24 bits per heavy atom. The van der Waals surface area contributed by atoms with Gasteiger partial charge in [0.25, 0.3) is 5.91 Å². The summed E-state index contributed by atoms with van der Waals surface area (Å²) in [5, 5.41) is 0. The lowest BCUT2D eigenvalue weighted by Crippen LogP contribution is -2.12. The summed E-state index contributed by atoms with van der Waals surface area (Å²) in [6.07, 6.45) is 2.29. The highest BCUT2D eigenvalue weighted by atomic mass is 32.2. The van der Waals surface area contributed by atoms with E-state index in [1.807, 2.05) is 13.8 Å². The van der Waals surface area contributed by atoms with Gasteiger partial charge in [0.1, 0.15) is 0 Å². The summed E-state index contributed by atoms with van der Waals surface area (Å²) in [5.74, 6) is 0.320.